The molecule has 0 spiro atoms. The molecule has 2 aliphatic rings. The van der Waals surface area contributed by atoms with Crippen molar-refractivity contribution < 1.29 is 28.6 Å². The number of rotatable bonds is 5. The second-order valence-corrected chi connectivity index (χ2v) is 11.3. The van der Waals surface area contributed by atoms with Crippen LogP contribution in [0.4, 0.5) is 0 Å². The highest BCUT2D eigenvalue weighted by Gasteiger charge is 2.20. The standard InChI is InChI=1S/C34H42N4O6/c1-42-32(40)12-5-11-31(39)36-16-2-3-17-38(34(41)28-13-14-30-26(24-28)9-6-22-44-30)18-7-23-43-29-10-4-8-27(25-29)33-35-15-19-37(33)21-20-36/h4,8,10,13-15,19,24-25H,2-3,5-7,9,11-12,16-18,20-23H2,1H3. The van der Waals surface area contributed by atoms with Crippen molar-refractivity contribution in [3.05, 3.63) is 66.0 Å². The van der Waals surface area contributed by atoms with Crippen molar-refractivity contribution in [2.45, 2.75) is 57.9 Å². The minimum Gasteiger partial charge on any atom is -0.494 e. The first kappa shape index (κ1) is 31.1. The van der Waals surface area contributed by atoms with Gasteiger partial charge in [-0.05, 0) is 74.4 Å². The van der Waals surface area contributed by atoms with Gasteiger partial charge < -0.3 is 28.6 Å². The van der Waals surface area contributed by atoms with Gasteiger partial charge in [0.1, 0.15) is 17.3 Å². The molecule has 0 saturated heterocycles. The Morgan fingerprint density at radius 3 is 2.55 bits per heavy atom. The molecule has 3 aromatic rings. The number of ether oxygens (including phenoxy) is 3. The Bertz CT molecular complexity index is 1440. The number of fused-ring (bicyclic) bond motifs is 5. The van der Waals surface area contributed by atoms with Crippen LogP contribution in [0.1, 0.15) is 60.9 Å². The normalized spacial score (nSPS) is 16.0. The molecule has 234 valence electrons. The smallest absolute Gasteiger partial charge is 0.305 e. The molecule has 0 N–H and O–H groups in total. The molecule has 0 unspecified atom stereocenters. The number of aromatic nitrogens is 2. The van der Waals surface area contributed by atoms with Gasteiger partial charge in [-0.15, -0.1) is 0 Å². The van der Waals surface area contributed by atoms with Gasteiger partial charge in [-0.1, -0.05) is 12.1 Å². The van der Waals surface area contributed by atoms with Crippen LogP contribution in [0, 0.1) is 0 Å². The number of carbonyl (C=O) groups is 3. The quantitative estimate of drug-likeness (QED) is 0.388. The molecule has 0 fully saturated rings. The average Bonchev–Trinajstić information content (AvgIpc) is 3.53. The van der Waals surface area contributed by atoms with Crippen molar-refractivity contribution in [2.75, 3.05) is 46.5 Å². The molecule has 2 amide bonds. The van der Waals surface area contributed by atoms with Gasteiger partial charge in [0.05, 0.1) is 20.3 Å². The third-order valence-corrected chi connectivity index (χ3v) is 8.16. The fourth-order valence-corrected chi connectivity index (χ4v) is 5.75. The monoisotopic (exact) mass is 602 g/mol. The van der Waals surface area contributed by atoms with Crippen molar-refractivity contribution in [3.63, 3.8) is 0 Å². The number of carbonyl (C=O) groups excluding carboxylic acids is 3. The number of hydrogen-bond donors (Lipinski definition) is 0. The van der Waals surface area contributed by atoms with Crippen molar-refractivity contribution in [1.82, 2.24) is 19.4 Å². The molecule has 5 rings (SSSR count). The summed E-state index contributed by atoms with van der Waals surface area (Å²) in [5.74, 6) is 2.12. The number of methoxy groups -OCH3 is 1. The molecule has 2 aromatic carbocycles. The Morgan fingerprint density at radius 1 is 0.864 bits per heavy atom. The number of amides is 2. The fraction of sp³-hybridized carbons (Fsp3) is 0.471. The second kappa shape index (κ2) is 15.4. The van der Waals surface area contributed by atoms with Gasteiger partial charge in [0.25, 0.3) is 5.91 Å². The Hall–Kier alpha value is -4.34. The molecule has 44 heavy (non-hydrogen) atoms. The highest BCUT2D eigenvalue weighted by molar-refractivity contribution is 5.94. The van der Waals surface area contributed by atoms with E-state index in [4.69, 9.17) is 14.2 Å². The third-order valence-electron chi connectivity index (χ3n) is 8.16. The molecule has 3 heterocycles. The molecule has 10 nitrogen and oxygen atoms in total. The van der Waals surface area contributed by atoms with Crippen molar-refractivity contribution in [3.8, 4) is 22.9 Å². The van der Waals surface area contributed by atoms with Crippen LogP contribution in [-0.2, 0) is 27.3 Å². The fourth-order valence-electron chi connectivity index (χ4n) is 5.75. The summed E-state index contributed by atoms with van der Waals surface area (Å²) < 4.78 is 18.6. The Morgan fingerprint density at radius 2 is 1.68 bits per heavy atom. The van der Waals surface area contributed by atoms with E-state index in [2.05, 4.69) is 9.55 Å². The molecular weight excluding hydrogens is 560 g/mol. The summed E-state index contributed by atoms with van der Waals surface area (Å²) >= 11 is 0. The zero-order valence-corrected chi connectivity index (χ0v) is 25.5. The molecule has 0 radical (unpaired) electrons. The average molecular weight is 603 g/mol. The van der Waals surface area contributed by atoms with Gasteiger partial charge >= 0.3 is 5.97 Å². The molecular formula is C34H42N4O6. The van der Waals surface area contributed by atoms with E-state index < -0.39 is 0 Å². The van der Waals surface area contributed by atoms with E-state index in [-0.39, 0.29) is 30.6 Å². The lowest BCUT2D eigenvalue weighted by Gasteiger charge is -2.26. The third kappa shape index (κ3) is 8.18. The number of nitrogens with zero attached hydrogens (tertiary/aromatic N) is 4. The number of imidazole rings is 1. The Kier molecular flexibility index (Phi) is 10.9. The second-order valence-electron chi connectivity index (χ2n) is 11.3. The lowest BCUT2D eigenvalue weighted by atomic mass is 10.0. The summed E-state index contributed by atoms with van der Waals surface area (Å²) in [5, 5.41) is 0. The zero-order chi connectivity index (χ0) is 30.7. The minimum atomic E-state index is -0.313. The van der Waals surface area contributed by atoms with Crippen molar-refractivity contribution in [1.29, 1.82) is 0 Å². The molecule has 2 bridgehead atoms. The zero-order valence-electron chi connectivity index (χ0n) is 25.5. The SMILES string of the molecule is COC(=O)CCCC(=O)N1CCCCN(C(=O)c2ccc3c(c2)CCCO3)CCCOc2cccc(c2)-c2nccn2CC1. The van der Waals surface area contributed by atoms with Crippen LogP contribution in [-0.4, -0.2) is 83.6 Å². The van der Waals surface area contributed by atoms with E-state index in [1.54, 1.807) is 6.20 Å². The number of aryl methyl sites for hydroxylation is 1. The largest absolute Gasteiger partial charge is 0.494 e. The van der Waals surface area contributed by atoms with E-state index in [0.29, 0.717) is 64.3 Å². The maximum Gasteiger partial charge on any atom is 0.305 e. The van der Waals surface area contributed by atoms with Crippen molar-refractivity contribution >= 4 is 17.8 Å². The molecule has 0 aliphatic carbocycles. The lowest BCUT2D eigenvalue weighted by molar-refractivity contribution is -0.140. The van der Waals surface area contributed by atoms with E-state index in [1.165, 1.54) is 7.11 Å². The summed E-state index contributed by atoms with van der Waals surface area (Å²) in [4.78, 5) is 46.9. The molecule has 1 aromatic heterocycles. The van der Waals surface area contributed by atoms with Gasteiger partial charge in [-0.3, -0.25) is 14.4 Å². The maximum absolute atomic E-state index is 13.7. The number of hydrogen-bond acceptors (Lipinski definition) is 7. The van der Waals surface area contributed by atoms with Crippen LogP contribution in [0.15, 0.2) is 54.9 Å². The molecule has 0 atom stereocenters. The van der Waals surface area contributed by atoms with E-state index >= 15 is 0 Å². The minimum absolute atomic E-state index is 0.000506. The first-order valence-electron chi connectivity index (χ1n) is 15.7. The first-order chi connectivity index (χ1) is 21.5. The van der Waals surface area contributed by atoms with Crippen LogP contribution in [0.25, 0.3) is 11.4 Å². The Labute approximate surface area is 258 Å². The topological polar surface area (TPSA) is 103 Å². The molecule has 2 aliphatic heterocycles. The highest BCUT2D eigenvalue weighted by atomic mass is 16.5. The van der Waals surface area contributed by atoms with E-state index in [1.807, 2.05) is 58.5 Å². The predicted octanol–water partition coefficient (Wildman–Crippen LogP) is 4.75. The van der Waals surface area contributed by atoms with E-state index in [0.717, 1.165) is 54.1 Å². The van der Waals surface area contributed by atoms with Gasteiger partial charge in [0.2, 0.25) is 5.91 Å². The van der Waals surface area contributed by atoms with Gasteiger partial charge in [0.15, 0.2) is 0 Å². The van der Waals surface area contributed by atoms with Gasteiger partial charge in [0, 0.05) is 69.1 Å². The van der Waals surface area contributed by atoms with E-state index in [9.17, 15) is 14.4 Å². The summed E-state index contributed by atoms with van der Waals surface area (Å²) in [7, 11) is 1.36. The summed E-state index contributed by atoms with van der Waals surface area (Å²) in [5.41, 5.74) is 2.68. The van der Waals surface area contributed by atoms with Crippen LogP contribution < -0.4 is 9.47 Å². The first-order valence-corrected chi connectivity index (χ1v) is 15.7. The van der Waals surface area contributed by atoms with Crippen LogP contribution in [0.3, 0.4) is 0 Å². The predicted molar refractivity (Wildman–Crippen MR) is 166 cm³/mol. The summed E-state index contributed by atoms with van der Waals surface area (Å²) in [6, 6.07) is 13.6. The van der Waals surface area contributed by atoms with Crippen LogP contribution in [0.2, 0.25) is 0 Å². The van der Waals surface area contributed by atoms with Gasteiger partial charge in [-0.2, -0.15) is 0 Å². The van der Waals surface area contributed by atoms with Crippen molar-refractivity contribution in [2.24, 2.45) is 0 Å². The Balaban J connectivity index is 1.32. The molecule has 10 heteroatoms. The lowest BCUT2D eigenvalue weighted by Crippen LogP contribution is -2.36. The van der Waals surface area contributed by atoms with Crippen LogP contribution in [0.5, 0.6) is 11.5 Å². The molecule has 0 saturated carbocycles. The maximum atomic E-state index is 13.7. The number of benzene rings is 2. The number of esters is 1. The summed E-state index contributed by atoms with van der Waals surface area (Å²) in [6.07, 6.45) is 8.67. The van der Waals surface area contributed by atoms with Gasteiger partial charge in [-0.25, -0.2) is 4.98 Å². The summed E-state index contributed by atoms with van der Waals surface area (Å²) in [6.45, 7) is 3.99. The van der Waals surface area contributed by atoms with Crippen LogP contribution >= 0.6 is 0 Å². The highest BCUT2D eigenvalue weighted by Crippen LogP contribution is 2.27.